The molecule has 12 rings (SSSR count). The number of para-hydroxylation sites is 3. The van der Waals surface area contributed by atoms with Crippen molar-refractivity contribution in [3.63, 3.8) is 0 Å². The van der Waals surface area contributed by atoms with Crippen LogP contribution in [0.5, 0.6) is 0 Å². The third-order valence-electron chi connectivity index (χ3n) is 12.5. The summed E-state index contributed by atoms with van der Waals surface area (Å²) < 4.78 is 4.88. The van der Waals surface area contributed by atoms with Gasteiger partial charge in [-0.3, -0.25) is 0 Å². The van der Waals surface area contributed by atoms with Crippen molar-refractivity contribution in [1.82, 2.24) is 19.1 Å². The van der Waals surface area contributed by atoms with Gasteiger partial charge >= 0.3 is 0 Å². The maximum Gasteiger partial charge on any atom is 0.160 e. The van der Waals surface area contributed by atoms with E-state index >= 15 is 0 Å². The Morgan fingerprint density at radius 1 is 0.387 bits per heavy atom. The van der Waals surface area contributed by atoms with Crippen molar-refractivity contribution in [2.75, 3.05) is 0 Å². The number of rotatable bonds is 7. The van der Waals surface area contributed by atoms with Crippen molar-refractivity contribution in [1.29, 1.82) is 0 Å². The lowest BCUT2D eigenvalue weighted by Crippen LogP contribution is -2.06. The van der Waals surface area contributed by atoms with Gasteiger partial charge in [-0.2, -0.15) is 0 Å². The second-order valence-corrected chi connectivity index (χ2v) is 16.2. The van der Waals surface area contributed by atoms with Gasteiger partial charge in [-0.15, -0.1) is 0 Å². The van der Waals surface area contributed by atoms with Crippen molar-refractivity contribution in [3.05, 3.63) is 230 Å². The van der Waals surface area contributed by atoms with Crippen LogP contribution in [0.2, 0.25) is 0 Å². The summed E-state index contributed by atoms with van der Waals surface area (Å²) in [6, 6.07) is 73.7. The van der Waals surface area contributed by atoms with Gasteiger partial charge in [-0.05, 0) is 77.7 Å². The summed E-state index contributed by atoms with van der Waals surface area (Å²) in [6.45, 7) is 0. The van der Waals surface area contributed by atoms with Crippen LogP contribution in [0.1, 0.15) is 17.9 Å². The Hall–Kier alpha value is -8.08. The first-order valence-electron chi connectivity index (χ1n) is 21.3. The Morgan fingerprint density at radius 2 is 0.935 bits per heavy atom. The lowest BCUT2D eigenvalue weighted by atomic mass is 9.89. The van der Waals surface area contributed by atoms with Crippen LogP contribution in [0.4, 0.5) is 0 Å². The van der Waals surface area contributed by atoms with E-state index in [1.54, 1.807) is 0 Å². The Labute approximate surface area is 360 Å². The van der Waals surface area contributed by atoms with Gasteiger partial charge in [0.2, 0.25) is 0 Å². The lowest BCUT2D eigenvalue weighted by Gasteiger charge is -2.22. The van der Waals surface area contributed by atoms with Gasteiger partial charge < -0.3 is 9.13 Å². The molecule has 0 fully saturated rings. The summed E-state index contributed by atoms with van der Waals surface area (Å²) in [6.07, 6.45) is 7.81. The molecule has 62 heavy (non-hydrogen) atoms. The molecule has 4 heteroatoms. The molecule has 1 aliphatic rings. The minimum absolute atomic E-state index is 0.232. The van der Waals surface area contributed by atoms with Gasteiger partial charge in [0.15, 0.2) is 5.82 Å². The molecule has 3 aromatic heterocycles. The molecule has 8 aromatic carbocycles. The first-order valence-corrected chi connectivity index (χ1v) is 21.3. The third kappa shape index (κ3) is 6.15. The minimum atomic E-state index is 0.232. The smallest absolute Gasteiger partial charge is 0.160 e. The van der Waals surface area contributed by atoms with Crippen molar-refractivity contribution in [2.45, 2.75) is 12.3 Å². The number of fused-ring (bicyclic) bond motifs is 6. The SMILES string of the molecule is C1=CC(c2ccc3c(c2)c2ccccc2n3-c2ccccc2)CC(n2c3ccccc3c3ccc(-c4ccc(-c5nc(-c6ccccc6)cc(-c6ccccc6)n5)cc4)cc32)=C1. The van der Waals surface area contributed by atoms with E-state index in [2.05, 4.69) is 221 Å². The largest absolute Gasteiger partial charge is 0.313 e. The Kier molecular flexibility index (Phi) is 8.60. The zero-order chi connectivity index (χ0) is 41.0. The summed E-state index contributed by atoms with van der Waals surface area (Å²) in [5.74, 6) is 0.940. The highest BCUT2D eigenvalue weighted by atomic mass is 15.0. The van der Waals surface area contributed by atoms with Crippen LogP contribution in [-0.2, 0) is 0 Å². The molecule has 1 aliphatic carbocycles. The van der Waals surface area contributed by atoms with E-state index in [1.807, 2.05) is 12.1 Å². The van der Waals surface area contributed by atoms with E-state index in [-0.39, 0.29) is 5.92 Å². The molecule has 0 aliphatic heterocycles. The molecule has 0 N–H and O–H groups in total. The molecule has 0 bridgehead atoms. The molecule has 1 atom stereocenters. The topological polar surface area (TPSA) is 35.6 Å². The molecule has 0 saturated heterocycles. The quantitative estimate of drug-likeness (QED) is 0.161. The van der Waals surface area contributed by atoms with Crippen LogP contribution in [0.25, 0.3) is 100 Å². The van der Waals surface area contributed by atoms with Gasteiger partial charge in [-0.25, -0.2) is 9.97 Å². The van der Waals surface area contributed by atoms with E-state index in [0.717, 1.165) is 40.1 Å². The molecular formula is C58H40N4. The average Bonchev–Trinajstić information content (AvgIpc) is 3.87. The summed E-state index contributed by atoms with van der Waals surface area (Å²) in [4.78, 5) is 10.1. The number of allylic oxidation sites excluding steroid dienone is 4. The first-order chi connectivity index (χ1) is 30.7. The van der Waals surface area contributed by atoms with Gasteiger partial charge in [0, 0.05) is 55.5 Å². The predicted octanol–water partition coefficient (Wildman–Crippen LogP) is 14.9. The van der Waals surface area contributed by atoms with Crippen molar-refractivity contribution < 1.29 is 0 Å². The number of hydrogen-bond donors (Lipinski definition) is 0. The molecular weight excluding hydrogens is 753 g/mol. The second kappa shape index (κ2) is 14.9. The summed E-state index contributed by atoms with van der Waals surface area (Å²) in [7, 11) is 0. The predicted molar refractivity (Wildman–Crippen MR) is 258 cm³/mol. The summed E-state index contributed by atoms with van der Waals surface area (Å²) >= 11 is 0. The molecule has 0 saturated carbocycles. The first kappa shape index (κ1) is 35.8. The fourth-order valence-corrected chi connectivity index (χ4v) is 9.49. The maximum absolute atomic E-state index is 5.07. The number of hydrogen-bond acceptors (Lipinski definition) is 2. The molecule has 292 valence electrons. The van der Waals surface area contributed by atoms with Gasteiger partial charge in [0.25, 0.3) is 0 Å². The van der Waals surface area contributed by atoms with E-state index in [0.29, 0.717) is 5.82 Å². The molecule has 0 spiro atoms. The highest BCUT2D eigenvalue weighted by Gasteiger charge is 2.22. The Morgan fingerprint density at radius 3 is 1.63 bits per heavy atom. The standard InChI is InChI=1S/C58H40N4/c1-4-15-40(16-5-1)52-38-53(41-17-6-2-7-18-41)60-58(59-52)42-29-27-39(28-30-42)45-31-33-50-48-23-10-12-25-54(48)62(57(50)37-45)47-22-14-19-43(35-47)44-32-34-56-51(36-44)49-24-11-13-26-55(49)61(56)46-20-8-3-9-21-46/h1-34,36-38,43H,35H2. The van der Waals surface area contributed by atoms with Crippen LogP contribution in [-0.4, -0.2) is 19.1 Å². The van der Waals surface area contributed by atoms with Crippen LogP contribution in [0.15, 0.2) is 224 Å². The van der Waals surface area contributed by atoms with Crippen LogP contribution in [0, 0.1) is 0 Å². The zero-order valence-electron chi connectivity index (χ0n) is 33.9. The fourth-order valence-electron chi connectivity index (χ4n) is 9.49. The highest BCUT2D eigenvalue weighted by Crippen LogP contribution is 2.41. The molecule has 3 heterocycles. The van der Waals surface area contributed by atoms with Crippen LogP contribution >= 0.6 is 0 Å². The Balaban J connectivity index is 0.903. The zero-order valence-corrected chi connectivity index (χ0v) is 33.9. The average molecular weight is 793 g/mol. The molecule has 0 radical (unpaired) electrons. The maximum atomic E-state index is 5.07. The molecule has 1 unspecified atom stereocenters. The van der Waals surface area contributed by atoms with Gasteiger partial charge in [0.1, 0.15) is 0 Å². The van der Waals surface area contributed by atoms with E-state index in [4.69, 9.17) is 9.97 Å². The van der Waals surface area contributed by atoms with Crippen molar-refractivity contribution >= 4 is 49.3 Å². The Bertz CT molecular complexity index is 3460. The number of aromatic nitrogens is 4. The highest BCUT2D eigenvalue weighted by molar-refractivity contribution is 6.11. The number of nitrogens with zero attached hydrogens (tertiary/aromatic N) is 4. The molecule has 4 nitrogen and oxygen atoms in total. The summed E-state index contributed by atoms with van der Waals surface area (Å²) in [5.41, 5.74) is 15.9. The van der Waals surface area contributed by atoms with Crippen LogP contribution < -0.4 is 0 Å². The van der Waals surface area contributed by atoms with E-state index < -0.39 is 0 Å². The minimum Gasteiger partial charge on any atom is -0.313 e. The molecule has 0 amide bonds. The monoisotopic (exact) mass is 792 g/mol. The molecule has 11 aromatic rings. The van der Waals surface area contributed by atoms with Crippen LogP contribution in [0.3, 0.4) is 0 Å². The second-order valence-electron chi connectivity index (χ2n) is 16.2. The van der Waals surface area contributed by atoms with Crippen molar-refractivity contribution in [2.24, 2.45) is 0 Å². The fraction of sp³-hybridized carbons (Fsp3) is 0.0345. The number of benzene rings is 8. The van der Waals surface area contributed by atoms with E-state index in [9.17, 15) is 0 Å². The van der Waals surface area contributed by atoms with Gasteiger partial charge in [0.05, 0.1) is 33.5 Å². The summed E-state index contributed by atoms with van der Waals surface area (Å²) in [5, 5.41) is 5.07. The van der Waals surface area contributed by atoms with Gasteiger partial charge in [-0.1, -0.05) is 170 Å². The van der Waals surface area contributed by atoms with Crippen molar-refractivity contribution in [3.8, 4) is 50.7 Å². The normalized spacial score (nSPS) is 13.9. The van der Waals surface area contributed by atoms with E-state index in [1.165, 1.54) is 66.1 Å². The lowest BCUT2D eigenvalue weighted by molar-refractivity contribution is 0.838. The third-order valence-corrected chi connectivity index (χ3v) is 12.5.